The van der Waals surface area contributed by atoms with Crippen LogP contribution in [0.4, 0.5) is 10.1 Å². The van der Waals surface area contributed by atoms with Gasteiger partial charge in [0.25, 0.3) is 5.69 Å². The molecule has 0 fully saturated rings. The van der Waals surface area contributed by atoms with Crippen LogP contribution in [0.5, 0.6) is 5.75 Å². The first kappa shape index (κ1) is 14.9. The van der Waals surface area contributed by atoms with E-state index in [0.717, 1.165) is 18.2 Å². The Morgan fingerprint density at radius 1 is 1.47 bits per heavy atom. The minimum absolute atomic E-state index is 0.103. The van der Waals surface area contributed by atoms with Crippen molar-refractivity contribution in [2.75, 3.05) is 13.7 Å². The highest BCUT2D eigenvalue weighted by Crippen LogP contribution is 2.25. The van der Waals surface area contributed by atoms with E-state index in [1.807, 2.05) is 0 Å². The number of methoxy groups -OCH3 is 1. The second kappa shape index (κ2) is 5.64. The topological polar surface area (TPSA) is 78.7 Å². The average Bonchev–Trinajstić information content (AvgIpc) is 2.36. The van der Waals surface area contributed by atoms with Gasteiger partial charge in [-0.25, -0.2) is 4.39 Å². The molecule has 7 heteroatoms. The molecule has 6 nitrogen and oxygen atoms in total. The summed E-state index contributed by atoms with van der Waals surface area (Å²) in [6.45, 7) is 3.07. The van der Waals surface area contributed by atoms with Crippen LogP contribution < -0.4 is 4.74 Å². The van der Waals surface area contributed by atoms with E-state index in [1.165, 1.54) is 7.11 Å². The number of hydrogen-bond acceptors (Lipinski definition) is 5. The van der Waals surface area contributed by atoms with Crippen molar-refractivity contribution in [3.05, 3.63) is 34.1 Å². The lowest BCUT2D eigenvalue weighted by Gasteiger charge is -2.21. The van der Waals surface area contributed by atoms with Crippen LogP contribution in [0.15, 0.2) is 18.2 Å². The molecule has 0 unspecified atom stereocenters. The lowest BCUT2D eigenvalue weighted by molar-refractivity contribution is -0.385. The standard InChI is InChI=1S/C12H14FNO5/c1-12(2,11(15)18-3)7-19-10-5-4-8(14(16)17)6-9(10)13/h4-6H,7H2,1-3H3. The average molecular weight is 271 g/mol. The predicted octanol–water partition coefficient (Wildman–Crippen LogP) is 2.31. The second-order valence-electron chi connectivity index (χ2n) is 4.54. The van der Waals surface area contributed by atoms with E-state index in [-0.39, 0.29) is 18.0 Å². The molecule has 0 spiro atoms. The summed E-state index contributed by atoms with van der Waals surface area (Å²) in [6, 6.07) is 3.05. The van der Waals surface area contributed by atoms with Crippen molar-refractivity contribution in [1.29, 1.82) is 0 Å². The fourth-order valence-corrected chi connectivity index (χ4v) is 1.31. The number of nitro groups is 1. The third kappa shape index (κ3) is 3.64. The molecule has 19 heavy (non-hydrogen) atoms. The van der Waals surface area contributed by atoms with Crippen molar-refractivity contribution in [2.24, 2.45) is 5.41 Å². The fourth-order valence-electron chi connectivity index (χ4n) is 1.31. The SMILES string of the molecule is COC(=O)C(C)(C)COc1ccc([N+](=O)[O-])cc1F. The van der Waals surface area contributed by atoms with Gasteiger partial charge in [-0.15, -0.1) is 0 Å². The Bertz CT molecular complexity index is 501. The van der Waals surface area contributed by atoms with Crippen molar-refractivity contribution in [2.45, 2.75) is 13.8 Å². The van der Waals surface area contributed by atoms with E-state index in [4.69, 9.17) is 4.74 Å². The fraction of sp³-hybridized carbons (Fsp3) is 0.417. The van der Waals surface area contributed by atoms with Gasteiger partial charge in [0, 0.05) is 6.07 Å². The molecule has 0 saturated heterocycles. The van der Waals surface area contributed by atoms with E-state index in [9.17, 15) is 19.3 Å². The number of ether oxygens (including phenoxy) is 2. The number of halogens is 1. The molecule has 0 aromatic heterocycles. The van der Waals surface area contributed by atoms with Gasteiger partial charge in [0.05, 0.1) is 23.5 Å². The zero-order valence-electron chi connectivity index (χ0n) is 10.8. The number of esters is 1. The number of carbonyl (C=O) groups is 1. The summed E-state index contributed by atoms with van der Waals surface area (Å²) < 4.78 is 23.3. The predicted molar refractivity (Wildman–Crippen MR) is 64.3 cm³/mol. The largest absolute Gasteiger partial charge is 0.489 e. The second-order valence-corrected chi connectivity index (χ2v) is 4.54. The number of nitro benzene ring substituents is 1. The van der Waals surface area contributed by atoms with E-state index in [1.54, 1.807) is 13.8 Å². The highest BCUT2D eigenvalue weighted by atomic mass is 19.1. The molecule has 1 aromatic carbocycles. The van der Waals surface area contributed by atoms with Crippen LogP contribution in [0, 0.1) is 21.3 Å². The van der Waals surface area contributed by atoms with Gasteiger partial charge < -0.3 is 9.47 Å². The van der Waals surface area contributed by atoms with Crippen LogP contribution in [-0.2, 0) is 9.53 Å². The van der Waals surface area contributed by atoms with Crippen LogP contribution in [0.2, 0.25) is 0 Å². The van der Waals surface area contributed by atoms with Gasteiger partial charge >= 0.3 is 5.97 Å². The van der Waals surface area contributed by atoms with Crippen molar-refractivity contribution in [1.82, 2.24) is 0 Å². The van der Waals surface area contributed by atoms with E-state index < -0.39 is 22.1 Å². The molecule has 0 heterocycles. The van der Waals surface area contributed by atoms with Gasteiger partial charge in [-0.3, -0.25) is 14.9 Å². The summed E-state index contributed by atoms with van der Waals surface area (Å²) in [5.74, 6) is -1.49. The lowest BCUT2D eigenvalue weighted by atomic mass is 9.95. The Labute approximate surface area is 109 Å². The van der Waals surface area contributed by atoms with Crippen LogP contribution in [0.1, 0.15) is 13.8 Å². The molecule has 0 aliphatic heterocycles. The van der Waals surface area contributed by atoms with E-state index >= 15 is 0 Å². The van der Waals surface area contributed by atoms with Crippen LogP contribution in [0.3, 0.4) is 0 Å². The van der Waals surface area contributed by atoms with Crippen molar-refractivity contribution in [3.8, 4) is 5.75 Å². The van der Waals surface area contributed by atoms with Gasteiger partial charge in [-0.05, 0) is 19.9 Å². The molecular weight excluding hydrogens is 257 g/mol. The molecule has 0 atom stereocenters. The molecule has 0 aliphatic rings. The molecule has 0 aliphatic carbocycles. The first-order valence-electron chi connectivity index (χ1n) is 5.43. The molecule has 0 bridgehead atoms. The maximum Gasteiger partial charge on any atom is 0.314 e. The minimum Gasteiger partial charge on any atom is -0.489 e. The summed E-state index contributed by atoms with van der Waals surface area (Å²) in [6.07, 6.45) is 0. The van der Waals surface area contributed by atoms with Crippen LogP contribution >= 0.6 is 0 Å². The zero-order chi connectivity index (χ0) is 14.6. The quantitative estimate of drug-likeness (QED) is 0.466. The number of hydrogen-bond donors (Lipinski definition) is 0. The molecule has 0 saturated carbocycles. The van der Waals surface area contributed by atoms with Crippen molar-refractivity contribution >= 4 is 11.7 Å². The van der Waals surface area contributed by atoms with Crippen molar-refractivity contribution < 1.29 is 23.6 Å². The van der Waals surface area contributed by atoms with Crippen molar-refractivity contribution in [3.63, 3.8) is 0 Å². The Morgan fingerprint density at radius 3 is 2.58 bits per heavy atom. The third-order valence-electron chi connectivity index (χ3n) is 2.45. The van der Waals surface area contributed by atoms with Crippen LogP contribution in [0.25, 0.3) is 0 Å². The summed E-state index contributed by atoms with van der Waals surface area (Å²) in [5, 5.41) is 10.4. The Balaban J connectivity index is 2.79. The number of rotatable bonds is 5. The van der Waals surface area contributed by atoms with Gasteiger partial charge in [0.2, 0.25) is 0 Å². The Morgan fingerprint density at radius 2 is 2.11 bits per heavy atom. The number of nitrogens with zero attached hydrogens (tertiary/aromatic N) is 1. The highest BCUT2D eigenvalue weighted by Gasteiger charge is 2.30. The molecule has 1 rings (SSSR count). The molecule has 0 N–H and O–H groups in total. The summed E-state index contributed by atoms with van der Waals surface area (Å²) in [4.78, 5) is 21.1. The Kier molecular flexibility index (Phi) is 4.42. The minimum atomic E-state index is -0.942. The zero-order valence-corrected chi connectivity index (χ0v) is 10.8. The third-order valence-corrected chi connectivity index (χ3v) is 2.45. The van der Waals surface area contributed by atoms with Crippen LogP contribution in [-0.4, -0.2) is 24.6 Å². The molecule has 0 radical (unpaired) electrons. The molecule has 104 valence electrons. The van der Waals surface area contributed by atoms with Gasteiger partial charge in [-0.2, -0.15) is 0 Å². The smallest absolute Gasteiger partial charge is 0.314 e. The van der Waals surface area contributed by atoms with Gasteiger partial charge in [0.1, 0.15) is 6.61 Å². The number of non-ortho nitro benzene ring substituents is 1. The Hall–Kier alpha value is -2.18. The molecule has 0 amide bonds. The lowest BCUT2D eigenvalue weighted by Crippen LogP contribution is -2.32. The number of carbonyl (C=O) groups excluding carboxylic acids is 1. The van der Waals surface area contributed by atoms with Gasteiger partial charge in [-0.1, -0.05) is 0 Å². The maximum absolute atomic E-state index is 13.5. The summed E-state index contributed by atoms with van der Waals surface area (Å²) >= 11 is 0. The number of benzene rings is 1. The molecular formula is C12H14FNO5. The molecule has 1 aromatic rings. The van der Waals surface area contributed by atoms with E-state index in [2.05, 4.69) is 4.74 Å². The maximum atomic E-state index is 13.5. The normalized spacial score (nSPS) is 10.9. The highest BCUT2D eigenvalue weighted by molar-refractivity contribution is 5.75. The summed E-state index contributed by atoms with van der Waals surface area (Å²) in [5.41, 5.74) is -1.31. The first-order valence-corrected chi connectivity index (χ1v) is 5.43. The first-order chi connectivity index (χ1) is 8.77. The summed E-state index contributed by atoms with van der Waals surface area (Å²) in [7, 11) is 1.25. The monoisotopic (exact) mass is 271 g/mol. The van der Waals surface area contributed by atoms with Gasteiger partial charge in [0.15, 0.2) is 11.6 Å². The van der Waals surface area contributed by atoms with E-state index in [0.29, 0.717) is 0 Å².